The molecule has 0 amide bonds. The Balaban J connectivity index is 2.11. The highest BCUT2D eigenvalue weighted by Crippen LogP contribution is 2.26. The van der Waals surface area contributed by atoms with Gasteiger partial charge in [0.25, 0.3) is 0 Å². The van der Waals surface area contributed by atoms with E-state index in [-0.39, 0.29) is 11.9 Å². The Labute approximate surface area is 105 Å². The van der Waals surface area contributed by atoms with Gasteiger partial charge in [-0.05, 0) is 47.5 Å². The van der Waals surface area contributed by atoms with E-state index in [0.29, 0.717) is 0 Å². The molecule has 0 saturated heterocycles. The van der Waals surface area contributed by atoms with Gasteiger partial charge in [0.05, 0.1) is 0 Å². The fraction of sp³-hybridized carbons (Fsp3) is 0.286. The van der Waals surface area contributed by atoms with Crippen LogP contribution in [0.2, 0.25) is 0 Å². The molecule has 2 N–H and O–H groups in total. The van der Waals surface area contributed by atoms with Crippen LogP contribution in [0.4, 0.5) is 4.39 Å². The summed E-state index contributed by atoms with van der Waals surface area (Å²) in [6.45, 7) is 2.14. The number of benzene rings is 1. The van der Waals surface area contributed by atoms with E-state index < -0.39 is 0 Å². The molecule has 0 bridgehead atoms. The highest BCUT2D eigenvalue weighted by molar-refractivity contribution is 7.10. The van der Waals surface area contributed by atoms with Gasteiger partial charge in [0.2, 0.25) is 0 Å². The zero-order chi connectivity index (χ0) is 12.3. The van der Waals surface area contributed by atoms with Gasteiger partial charge in [-0.15, -0.1) is 11.3 Å². The molecule has 2 aromatic rings. The van der Waals surface area contributed by atoms with Crippen LogP contribution in [0.1, 0.15) is 29.0 Å². The van der Waals surface area contributed by atoms with Gasteiger partial charge in [-0.1, -0.05) is 19.1 Å². The molecule has 1 heterocycles. The molecule has 1 aromatic carbocycles. The van der Waals surface area contributed by atoms with Gasteiger partial charge in [-0.2, -0.15) is 0 Å². The predicted octanol–water partition coefficient (Wildman–Crippen LogP) is 3.69. The standard InChI is InChI=1S/C14H16FNS/c1-2-11-7-8-17-14(11)13(16)9-10-3-5-12(15)6-4-10/h3-8,13H,2,9,16H2,1H3. The predicted molar refractivity (Wildman–Crippen MR) is 70.7 cm³/mol. The largest absolute Gasteiger partial charge is 0.323 e. The third-order valence-corrected chi connectivity index (χ3v) is 3.96. The van der Waals surface area contributed by atoms with E-state index >= 15 is 0 Å². The number of hydrogen-bond acceptors (Lipinski definition) is 2. The molecule has 0 aliphatic carbocycles. The molecule has 1 nitrogen and oxygen atoms in total. The van der Waals surface area contributed by atoms with Crippen molar-refractivity contribution in [1.29, 1.82) is 0 Å². The van der Waals surface area contributed by atoms with Gasteiger partial charge >= 0.3 is 0 Å². The Morgan fingerprint density at radius 1 is 1.24 bits per heavy atom. The Hall–Kier alpha value is -1.19. The number of halogens is 1. The van der Waals surface area contributed by atoms with E-state index in [9.17, 15) is 4.39 Å². The van der Waals surface area contributed by atoms with Gasteiger partial charge in [0, 0.05) is 10.9 Å². The number of rotatable bonds is 4. The van der Waals surface area contributed by atoms with E-state index in [1.54, 1.807) is 23.5 Å². The fourth-order valence-electron chi connectivity index (χ4n) is 1.93. The molecule has 0 saturated carbocycles. The lowest BCUT2D eigenvalue weighted by molar-refractivity contribution is 0.625. The lowest BCUT2D eigenvalue weighted by Gasteiger charge is -2.12. The summed E-state index contributed by atoms with van der Waals surface area (Å²) in [6.07, 6.45) is 1.77. The van der Waals surface area contributed by atoms with Gasteiger partial charge < -0.3 is 5.73 Å². The van der Waals surface area contributed by atoms with Crippen LogP contribution in [0.5, 0.6) is 0 Å². The first-order valence-corrected chi connectivity index (χ1v) is 6.65. The summed E-state index contributed by atoms with van der Waals surface area (Å²) in [7, 11) is 0. The van der Waals surface area contributed by atoms with E-state index in [1.807, 2.05) is 0 Å². The Bertz CT molecular complexity index is 475. The lowest BCUT2D eigenvalue weighted by Crippen LogP contribution is -2.13. The number of aryl methyl sites for hydroxylation is 1. The molecular weight excluding hydrogens is 233 g/mol. The summed E-state index contributed by atoms with van der Waals surface area (Å²) >= 11 is 1.71. The molecule has 1 atom stereocenters. The SMILES string of the molecule is CCc1ccsc1C(N)Cc1ccc(F)cc1. The second-order valence-corrected chi connectivity index (χ2v) is 5.05. The summed E-state index contributed by atoms with van der Waals surface area (Å²) in [5.41, 5.74) is 8.60. The zero-order valence-electron chi connectivity index (χ0n) is 9.82. The molecule has 3 heteroatoms. The molecule has 0 radical (unpaired) electrons. The Morgan fingerprint density at radius 2 is 1.94 bits per heavy atom. The van der Waals surface area contributed by atoms with Crippen molar-refractivity contribution in [3.63, 3.8) is 0 Å². The van der Waals surface area contributed by atoms with Crippen molar-refractivity contribution in [2.45, 2.75) is 25.8 Å². The van der Waals surface area contributed by atoms with Crippen molar-refractivity contribution < 1.29 is 4.39 Å². The number of thiophene rings is 1. The second kappa shape index (κ2) is 5.43. The fourth-order valence-corrected chi connectivity index (χ4v) is 2.93. The molecule has 1 aromatic heterocycles. The van der Waals surface area contributed by atoms with E-state index in [1.165, 1.54) is 22.6 Å². The first-order chi connectivity index (χ1) is 8.20. The Kier molecular flexibility index (Phi) is 3.92. The number of hydrogen-bond donors (Lipinski definition) is 1. The molecule has 17 heavy (non-hydrogen) atoms. The molecule has 1 unspecified atom stereocenters. The van der Waals surface area contributed by atoms with Crippen molar-refractivity contribution in [2.24, 2.45) is 5.73 Å². The minimum atomic E-state index is -0.201. The highest BCUT2D eigenvalue weighted by atomic mass is 32.1. The molecule has 2 rings (SSSR count). The second-order valence-electron chi connectivity index (χ2n) is 4.10. The molecule has 0 aliphatic heterocycles. The van der Waals surface area contributed by atoms with Crippen LogP contribution in [0, 0.1) is 5.82 Å². The lowest BCUT2D eigenvalue weighted by atomic mass is 10.0. The van der Waals surface area contributed by atoms with Crippen molar-refractivity contribution in [2.75, 3.05) is 0 Å². The van der Waals surface area contributed by atoms with Crippen LogP contribution in [0.25, 0.3) is 0 Å². The molecule has 90 valence electrons. The maximum atomic E-state index is 12.8. The normalized spacial score (nSPS) is 12.6. The summed E-state index contributed by atoms with van der Waals surface area (Å²) in [6, 6.07) is 8.71. The van der Waals surface area contributed by atoms with Crippen LogP contribution in [0.3, 0.4) is 0 Å². The van der Waals surface area contributed by atoms with E-state index in [2.05, 4.69) is 18.4 Å². The van der Waals surface area contributed by atoms with Crippen molar-refractivity contribution in [1.82, 2.24) is 0 Å². The summed E-state index contributed by atoms with van der Waals surface area (Å²) in [5, 5.41) is 2.08. The first-order valence-electron chi connectivity index (χ1n) is 5.77. The summed E-state index contributed by atoms with van der Waals surface area (Å²) in [4.78, 5) is 1.25. The maximum absolute atomic E-state index is 12.8. The molecule has 0 aliphatic rings. The smallest absolute Gasteiger partial charge is 0.123 e. The maximum Gasteiger partial charge on any atom is 0.123 e. The third kappa shape index (κ3) is 2.93. The quantitative estimate of drug-likeness (QED) is 0.878. The zero-order valence-corrected chi connectivity index (χ0v) is 10.6. The average Bonchev–Trinajstić information content (AvgIpc) is 2.80. The van der Waals surface area contributed by atoms with Crippen LogP contribution >= 0.6 is 11.3 Å². The van der Waals surface area contributed by atoms with Crippen molar-refractivity contribution in [3.8, 4) is 0 Å². The minimum absolute atomic E-state index is 0.00964. The van der Waals surface area contributed by atoms with E-state index in [0.717, 1.165) is 18.4 Å². The average molecular weight is 249 g/mol. The summed E-state index contributed by atoms with van der Waals surface area (Å²) in [5.74, 6) is -0.201. The van der Waals surface area contributed by atoms with Gasteiger partial charge in [-0.3, -0.25) is 0 Å². The summed E-state index contributed by atoms with van der Waals surface area (Å²) < 4.78 is 12.8. The third-order valence-electron chi connectivity index (χ3n) is 2.87. The Morgan fingerprint density at radius 3 is 2.59 bits per heavy atom. The van der Waals surface area contributed by atoms with Gasteiger partial charge in [-0.25, -0.2) is 4.39 Å². The monoisotopic (exact) mass is 249 g/mol. The van der Waals surface area contributed by atoms with Crippen molar-refractivity contribution >= 4 is 11.3 Å². The molecule has 0 spiro atoms. The van der Waals surface area contributed by atoms with Crippen LogP contribution < -0.4 is 5.73 Å². The van der Waals surface area contributed by atoms with Gasteiger partial charge in [0.1, 0.15) is 5.82 Å². The van der Waals surface area contributed by atoms with Crippen molar-refractivity contribution in [3.05, 3.63) is 57.5 Å². The first kappa shape index (κ1) is 12.3. The minimum Gasteiger partial charge on any atom is -0.323 e. The molecule has 0 fully saturated rings. The van der Waals surface area contributed by atoms with Crippen LogP contribution in [-0.4, -0.2) is 0 Å². The van der Waals surface area contributed by atoms with E-state index in [4.69, 9.17) is 5.73 Å². The van der Waals surface area contributed by atoms with Gasteiger partial charge in [0.15, 0.2) is 0 Å². The number of nitrogens with two attached hydrogens (primary N) is 1. The van der Waals surface area contributed by atoms with Crippen LogP contribution in [0.15, 0.2) is 35.7 Å². The van der Waals surface area contributed by atoms with Crippen LogP contribution in [-0.2, 0) is 12.8 Å². The topological polar surface area (TPSA) is 26.0 Å². The molecular formula is C14H16FNS. The highest BCUT2D eigenvalue weighted by Gasteiger charge is 2.12.